The molecule has 114 valence electrons. The molecule has 1 aliphatic carbocycles. The predicted molar refractivity (Wildman–Crippen MR) is 79.6 cm³/mol. The van der Waals surface area contributed by atoms with Crippen LogP contribution in [-0.2, 0) is 0 Å². The van der Waals surface area contributed by atoms with Crippen LogP contribution in [0.15, 0.2) is 18.2 Å². The molecule has 21 heavy (non-hydrogen) atoms. The van der Waals surface area contributed by atoms with Gasteiger partial charge in [-0.1, -0.05) is 33.8 Å². The molecule has 0 aliphatic heterocycles. The molecule has 0 bridgehead atoms. The Balaban J connectivity index is 2.28. The maximum absolute atomic E-state index is 11.2. The van der Waals surface area contributed by atoms with E-state index in [-0.39, 0.29) is 27.8 Å². The van der Waals surface area contributed by atoms with Crippen molar-refractivity contribution in [1.29, 1.82) is 0 Å². The zero-order chi connectivity index (χ0) is 16.0. The van der Waals surface area contributed by atoms with Gasteiger partial charge in [-0.2, -0.15) is 0 Å². The van der Waals surface area contributed by atoms with Crippen molar-refractivity contribution in [1.82, 2.24) is 0 Å². The van der Waals surface area contributed by atoms with Crippen LogP contribution in [0.3, 0.4) is 0 Å². The Morgan fingerprint density at radius 3 is 2.33 bits per heavy atom. The van der Waals surface area contributed by atoms with E-state index in [4.69, 9.17) is 0 Å². The lowest BCUT2D eigenvalue weighted by atomic mass is 10.0. The van der Waals surface area contributed by atoms with Gasteiger partial charge in [0.15, 0.2) is 0 Å². The Bertz CT molecular complexity index is 561. The van der Waals surface area contributed by atoms with Gasteiger partial charge in [-0.15, -0.1) is 0 Å². The van der Waals surface area contributed by atoms with Gasteiger partial charge in [0.25, 0.3) is 5.69 Å². The summed E-state index contributed by atoms with van der Waals surface area (Å²) in [5, 5.41) is 23.3. The Morgan fingerprint density at radius 2 is 1.90 bits per heavy atom. The lowest BCUT2D eigenvalue weighted by molar-refractivity contribution is -0.384. The van der Waals surface area contributed by atoms with Gasteiger partial charge >= 0.3 is 5.97 Å². The molecular formula is C15H20N2O4. The molecule has 0 aromatic heterocycles. The van der Waals surface area contributed by atoms with Crippen molar-refractivity contribution in [3.8, 4) is 0 Å². The van der Waals surface area contributed by atoms with Gasteiger partial charge in [-0.05, 0) is 22.8 Å². The number of carboxylic acid groups (broad SMARTS) is 1. The van der Waals surface area contributed by atoms with Crippen LogP contribution >= 0.6 is 0 Å². The fourth-order valence-electron chi connectivity index (χ4n) is 3.10. The maximum Gasteiger partial charge on any atom is 0.338 e. The third-order valence-corrected chi connectivity index (χ3v) is 5.27. The molecule has 2 rings (SSSR count). The summed E-state index contributed by atoms with van der Waals surface area (Å²) in [6.45, 7) is 9.12. The Morgan fingerprint density at radius 1 is 1.33 bits per heavy atom. The number of benzene rings is 1. The fraction of sp³-hybridized carbons (Fsp3) is 0.533. The summed E-state index contributed by atoms with van der Waals surface area (Å²) in [6, 6.07) is 4.08. The number of rotatable bonds is 5. The van der Waals surface area contributed by atoms with E-state index in [1.54, 1.807) is 0 Å². The largest absolute Gasteiger partial charge is 0.478 e. The van der Waals surface area contributed by atoms with Gasteiger partial charge in [-0.25, -0.2) is 4.79 Å². The Labute approximate surface area is 123 Å². The molecule has 1 fully saturated rings. The highest BCUT2D eigenvalue weighted by Crippen LogP contribution is 2.68. The first-order valence-corrected chi connectivity index (χ1v) is 6.85. The predicted octanol–water partition coefficient (Wildman–Crippen LogP) is 3.39. The highest BCUT2D eigenvalue weighted by molar-refractivity contribution is 5.96. The third-order valence-electron chi connectivity index (χ3n) is 5.27. The molecule has 1 aromatic rings. The summed E-state index contributed by atoms with van der Waals surface area (Å²) in [7, 11) is 0. The Hall–Kier alpha value is -2.11. The number of para-hydroxylation sites is 1. The first kappa shape index (κ1) is 15.3. The summed E-state index contributed by atoms with van der Waals surface area (Å²) in [5.74, 6) is -0.832. The van der Waals surface area contributed by atoms with Gasteiger partial charge in [0.05, 0.1) is 10.5 Å². The average Bonchev–Trinajstić information content (AvgIpc) is 2.76. The number of anilines is 1. The number of nitrogens with one attached hydrogen (secondary N) is 1. The molecule has 1 saturated carbocycles. The molecular weight excluding hydrogens is 272 g/mol. The molecule has 0 spiro atoms. The molecule has 0 saturated heterocycles. The molecule has 6 heteroatoms. The highest BCUT2D eigenvalue weighted by atomic mass is 16.6. The van der Waals surface area contributed by atoms with Crippen molar-refractivity contribution in [3.05, 3.63) is 33.9 Å². The summed E-state index contributed by atoms with van der Waals surface area (Å²) in [4.78, 5) is 21.8. The van der Waals surface area contributed by atoms with E-state index < -0.39 is 10.9 Å². The molecule has 0 amide bonds. The third kappa shape index (κ3) is 2.34. The molecule has 2 N–H and O–H groups in total. The standard InChI is InChI=1S/C15H20N2O4/c1-14(2)11(15(14,3)4)8-16-12-9(13(18)19)6-5-7-10(12)17(20)21/h5-7,11,16H,8H2,1-4H3,(H,18,19). The van der Waals surface area contributed by atoms with Crippen LogP contribution in [0.2, 0.25) is 0 Å². The zero-order valence-corrected chi connectivity index (χ0v) is 12.6. The number of carbonyl (C=O) groups is 1. The maximum atomic E-state index is 11.2. The van der Waals surface area contributed by atoms with E-state index in [0.29, 0.717) is 12.5 Å². The molecule has 0 unspecified atom stereocenters. The number of carboxylic acids is 1. The second kappa shape index (κ2) is 4.72. The lowest BCUT2D eigenvalue weighted by Gasteiger charge is -2.11. The van der Waals surface area contributed by atoms with Gasteiger partial charge < -0.3 is 10.4 Å². The van der Waals surface area contributed by atoms with Crippen LogP contribution in [0.5, 0.6) is 0 Å². The molecule has 1 aromatic carbocycles. The van der Waals surface area contributed by atoms with Gasteiger partial charge in [0, 0.05) is 12.6 Å². The van der Waals surface area contributed by atoms with Gasteiger partial charge in [0.2, 0.25) is 0 Å². The van der Waals surface area contributed by atoms with Gasteiger partial charge in [0.1, 0.15) is 5.69 Å². The minimum Gasteiger partial charge on any atom is -0.478 e. The van der Waals surface area contributed by atoms with Crippen LogP contribution in [0, 0.1) is 26.9 Å². The van der Waals surface area contributed by atoms with Crippen LogP contribution < -0.4 is 5.32 Å². The molecule has 0 radical (unpaired) electrons. The van der Waals surface area contributed by atoms with E-state index in [1.165, 1.54) is 18.2 Å². The monoisotopic (exact) mass is 292 g/mol. The van der Waals surface area contributed by atoms with Crippen molar-refractivity contribution < 1.29 is 14.8 Å². The second-order valence-electron chi connectivity index (χ2n) is 6.64. The SMILES string of the molecule is CC1(C)C(CNc2c(C(=O)O)cccc2[N+](=O)[O-])C1(C)C. The summed E-state index contributed by atoms with van der Waals surface area (Å²) in [5.41, 5.74) is 0.0833. The molecule has 0 atom stereocenters. The molecule has 6 nitrogen and oxygen atoms in total. The number of aromatic carboxylic acids is 1. The van der Waals surface area contributed by atoms with Crippen molar-refractivity contribution >= 4 is 17.3 Å². The summed E-state index contributed by atoms with van der Waals surface area (Å²) in [6.07, 6.45) is 0. The minimum atomic E-state index is -1.17. The highest BCUT2D eigenvalue weighted by Gasteiger charge is 2.64. The van der Waals surface area contributed by atoms with Crippen molar-refractivity contribution in [3.63, 3.8) is 0 Å². The minimum absolute atomic E-state index is 0.0690. The van der Waals surface area contributed by atoms with Crippen LogP contribution in [0.1, 0.15) is 38.1 Å². The second-order valence-corrected chi connectivity index (χ2v) is 6.64. The molecule has 1 aliphatic rings. The van der Waals surface area contributed by atoms with Crippen molar-refractivity contribution in [2.75, 3.05) is 11.9 Å². The quantitative estimate of drug-likeness (QED) is 0.641. The number of hydrogen-bond acceptors (Lipinski definition) is 4. The Kier molecular flexibility index (Phi) is 3.43. The van der Waals surface area contributed by atoms with Crippen LogP contribution in [-0.4, -0.2) is 22.5 Å². The van der Waals surface area contributed by atoms with Crippen LogP contribution in [0.4, 0.5) is 11.4 Å². The number of nitrogens with zero attached hydrogens (tertiary/aromatic N) is 1. The van der Waals surface area contributed by atoms with Crippen molar-refractivity contribution in [2.24, 2.45) is 16.7 Å². The first-order chi connectivity index (χ1) is 9.60. The van der Waals surface area contributed by atoms with Gasteiger partial charge in [-0.3, -0.25) is 10.1 Å². The van der Waals surface area contributed by atoms with E-state index in [1.807, 2.05) is 0 Å². The lowest BCUT2D eigenvalue weighted by Crippen LogP contribution is -2.13. The summed E-state index contributed by atoms with van der Waals surface area (Å²) < 4.78 is 0. The number of hydrogen-bond donors (Lipinski definition) is 2. The fourth-order valence-corrected chi connectivity index (χ4v) is 3.10. The van der Waals surface area contributed by atoms with E-state index >= 15 is 0 Å². The van der Waals surface area contributed by atoms with E-state index in [9.17, 15) is 20.0 Å². The van der Waals surface area contributed by atoms with E-state index in [0.717, 1.165) is 0 Å². The smallest absolute Gasteiger partial charge is 0.338 e. The first-order valence-electron chi connectivity index (χ1n) is 6.85. The molecule has 0 heterocycles. The topological polar surface area (TPSA) is 92.5 Å². The number of nitro groups is 1. The van der Waals surface area contributed by atoms with Crippen molar-refractivity contribution in [2.45, 2.75) is 27.7 Å². The normalized spacial score (nSPS) is 19.0. The number of nitro benzene ring substituents is 1. The zero-order valence-electron chi connectivity index (χ0n) is 12.6. The van der Waals surface area contributed by atoms with E-state index in [2.05, 4.69) is 33.0 Å². The van der Waals surface area contributed by atoms with Crippen LogP contribution in [0.25, 0.3) is 0 Å². The average molecular weight is 292 g/mol. The summed E-state index contributed by atoms with van der Waals surface area (Å²) >= 11 is 0.